The van der Waals surface area contributed by atoms with Gasteiger partial charge in [0.15, 0.2) is 12.7 Å². The van der Waals surface area contributed by atoms with Gasteiger partial charge in [-0.1, -0.05) is 61.7 Å². The molecule has 2 amide bonds. The number of amides is 2. The molecule has 3 aromatic carbocycles. The van der Waals surface area contributed by atoms with Gasteiger partial charge >= 0.3 is 0 Å². The van der Waals surface area contributed by atoms with Crippen LogP contribution in [0.25, 0.3) is 0 Å². The van der Waals surface area contributed by atoms with E-state index in [-0.39, 0.29) is 35.9 Å². The number of anilines is 1. The smallest absolute Gasteiger partial charge is 0.265 e. The average molecular weight is 578 g/mol. The molecular weight excluding hydrogens is 542 g/mol. The van der Waals surface area contributed by atoms with Crippen LogP contribution >= 0.6 is 0 Å². The number of rotatable bonds is 10. The lowest BCUT2D eigenvalue weighted by molar-refractivity contribution is -0.128. The molecule has 0 radical (unpaired) electrons. The van der Waals surface area contributed by atoms with Gasteiger partial charge in [-0.25, -0.2) is 13.1 Å². The summed E-state index contributed by atoms with van der Waals surface area (Å²) in [5, 5.41) is 2.90. The number of nitrogens with one attached hydrogen (secondary N) is 2. The van der Waals surface area contributed by atoms with Crippen molar-refractivity contribution in [3.63, 3.8) is 0 Å². The van der Waals surface area contributed by atoms with Gasteiger partial charge in [-0.3, -0.25) is 9.59 Å². The molecule has 0 aromatic heterocycles. The van der Waals surface area contributed by atoms with Gasteiger partial charge in [-0.2, -0.15) is 0 Å². The number of fused-ring (bicyclic) bond motifs is 1. The number of nitrogens with zero attached hydrogens (tertiary/aromatic N) is 1. The molecule has 3 aromatic rings. The van der Waals surface area contributed by atoms with Gasteiger partial charge in [-0.15, -0.1) is 0 Å². The second kappa shape index (κ2) is 13.2. The summed E-state index contributed by atoms with van der Waals surface area (Å²) in [6.45, 7) is 0.201. The lowest BCUT2D eigenvalue weighted by Crippen LogP contribution is -2.52. The van der Waals surface area contributed by atoms with E-state index in [0.717, 1.165) is 37.7 Å². The van der Waals surface area contributed by atoms with Crippen molar-refractivity contribution < 1.29 is 27.5 Å². The highest BCUT2D eigenvalue weighted by Crippen LogP contribution is 2.33. The average Bonchev–Trinajstić information content (AvgIpc) is 3.00. The minimum atomic E-state index is -3.63. The number of para-hydroxylation sites is 2. The third kappa shape index (κ3) is 7.45. The second-order valence-electron chi connectivity index (χ2n) is 10.3. The molecule has 41 heavy (non-hydrogen) atoms. The normalized spacial score (nSPS) is 17.3. The SMILES string of the molecule is O=C(NCCc1ccccc1)C1CN(C(=O)COc2ccc(S(=O)(=O)NC3CCCCC3)cc2)c2ccccc2O1. The van der Waals surface area contributed by atoms with Gasteiger partial charge in [0.25, 0.3) is 11.8 Å². The van der Waals surface area contributed by atoms with Crippen molar-refractivity contribution in [2.24, 2.45) is 0 Å². The lowest BCUT2D eigenvalue weighted by atomic mass is 9.96. The van der Waals surface area contributed by atoms with E-state index in [1.54, 1.807) is 36.4 Å². The quantitative estimate of drug-likeness (QED) is 0.379. The van der Waals surface area contributed by atoms with Gasteiger partial charge in [0.05, 0.1) is 17.1 Å². The van der Waals surface area contributed by atoms with Gasteiger partial charge in [0.2, 0.25) is 10.0 Å². The predicted molar refractivity (Wildman–Crippen MR) is 155 cm³/mol. The Morgan fingerprint density at radius 1 is 0.902 bits per heavy atom. The Labute approximate surface area is 240 Å². The summed E-state index contributed by atoms with van der Waals surface area (Å²) in [5.41, 5.74) is 1.67. The van der Waals surface area contributed by atoms with E-state index in [4.69, 9.17) is 9.47 Å². The molecule has 0 bridgehead atoms. The van der Waals surface area contributed by atoms with E-state index < -0.39 is 16.1 Å². The van der Waals surface area contributed by atoms with Crippen LogP contribution in [-0.2, 0) is 26.0 Å². The number of ether oxygens (including phenoxy) is 2. The zero-order valence-corrected chi connectivity index (χ0v) is 23.6. The number of hydrogen-bond donors (Lipinski definition) is 2. The summed E-state index contributed by atoms with van der Waals surface area (Å²) in [6.07, 6.45) is 4.71. The van der Waals surface area contributed by atoms with Gasteiger partial charge < -0.3 is 19.7 Å². The van der Waals surface area contributed by atoms with Crippen molar-refractivity contribution in [1.82, 2.24) is 10.0 Å². The molecule has 1 saturated carbocycles. The van der Waals surface area contributed by atoms with E-state index in [1.165, 1.54) is 17.0 Å². The zero-order valence-electron chi connectivity index (χ0n) is 22.8. The Kier molecular flexibility index (Phi) is 9.21. The Morgan fingerprint density at radius 3 is 2.37 bits per heavy atom. The Hall–Kier alpha value is -3.89. The molecule has 5 rings (SSSR count). The van der Waals surface area contributed by atoms with Crippen molar-refractivity contribution in [3.8, 4) is 11.5 Å². The largest absolute Gasteiger partial charge is 0.484 e. The zero-order chi connectivity index (χ0) is 28.7. The van der Waals surface area contributed by atoms with Gasteiger partial charge in [0.1, 0.15) is 11.5 Å². The topological polar surface area (TPSA) is 114 Å². The first kappa shape index (κ1) is 28.6. The van der Waals surface area contributed by atoms with Crippen LogP contribution in [0.3, 0.4) is 0 Å². The molecule has 1 heterocycles. The van der Waals surface area contributed by atoms with E-state index in [2.05, 4.69) is 10.0 Å². The van der Waals surface area contributed by atoms with Crippen LogP contribution in [0.4, 0.5) is 5.69 Å². The minimum Gasteiger partial charge on any atom is -0.484 e. The molecule has 9 nitrogen and oxygen atoms in total. The summed E-state index contributed by atoms with van der Waals surface area (Å²) in [7, 11) is -3.63. The van der Waals surface area contributed by atoms with Crippen LogP contribution in [0.1, 0.15) is 37.7 Å². The predicted octanol–water partition coefficient (Wildman–Crippen LogP) is 3.83. The van der Waals surface area contributed by atoms with Crippen molar-refractivity contribution in [2.45, 2.75) is 55.6 Å². The summed E-state index contributed by atoms with van der Waals surface area (Å²) in [5.74, 6) is 0.160. The van der Waals surface area contributed by atoms with Crippen LogP contribution in [0.2, 0.25) is 0 Å². The molecule has 1 unspecified atom stereocenters. The fourth-order valence-corrected chi connectivity index (χ4v) is 6.45. The van der Waals surface area contributed by atoms with Crippen LogP contribution in [0, 0.1) is 0 Å². The van der Waals surface area contributed by atoms with E-state index in [0.29, 0.717) is 30.2 Å². The molecule has 1 aliphatic carbocycles. The minimum absolute atomic E-state index is 0.0338. The lowest BCUT2D eigenvalue weighted by Gasteiger charge is -2.34. The molecule has 1 atom stereocenters. The molecule has 2 N–H and O–H groups in total. The molecule has 0 saturated heterocycles. The first-order valence-corrected chi connectivity index (χ1v) is 15.5. The van der Waals surface area contributed by atoms with Crippen molar-refractivity contribution >= 4 is 27.5 Å². The number of carbonyl (C=O) groups excluding carboxylic acids is 2. The molecule has 2 aliphatic rings. The Balaban J connectivity index is 1.18. The molecular formula is C31H35N3O6S. The molecule has 1 fully saturated rings. The van der Waals surface area contributed by atoms with E-state index in [1.807, 2.05) is 30.3 Å². The van der Waals surface area contributed by atoms with Crippen molar-refractivity contribution in [1.29, 1.82) is 0 Å². The maximum absolute atomic E-state index is 13.3. The molecule has 10 heteroatoms. The Bertz CT molecular complexity index is 1440. The third-order valence-electron chi connectivity index (χ3n) is 7.35. The fourth-order valence-electron chi connectivity index (χ4n) is 5.14. The number of sulfonamides is 1. The Morgan fingerprint density at radius 2 is 1.61 bits per heavy atom. The number of carbonyl (C=O) groups is 2. The number of benzene rings is 3. The molecule has 216 valence electrons. The highest BCUT2D eigenvalue weighted by molar-refractivity contribution is 7.89. The van der Waals surface area contributed by atoms with Crippen LogP contribution < -0.4 is 24.4 Å². The summed E-state index contributed by atoms with van der Waals surface area (Å²) >= 11 is 0. The fraction of sp³-hybridized carbons (Fsp3) is 0.355. The van der Waals surface area contributed by atoms with Crippen molar-refractivity contribution in [2.75, 3.05) is 24.6 Å². The van der Waals surface area contributed by atoms with Crippen LogP contribution in [-0.4, -0.2) is 52.1 Å². The summed E-state index contributed by atoms with van der Waals surface area (Å²) in [4.78, 5) is 27.8. The summed E-state index contributed by atoms with van der Waals surface area (Å²) in [6, 6.07) is 22.9. The van der Waals surface area contributed by atoms with Gasteiger partial charge in [-0.05, 0) is 61.2 Å². The van der Waals surface area contributed by atoms with Gasteiger partial charge in [0, 0.05) is 12.6 Å². The van der Waals surface area contributed by atoms with Crippen molar-refractivity contribution in [3.05, 3.63) is 84.4 Å². The number of hydrogen-bond acceptors (Lipinski definition) is 6. The molecule has 0 spiro atoms. The maximum Gasteiger partial charge on any atom is 0.265 e. The first-order chi connectivity index (χ1) is 19.9. The molecule has 1 aliphatic heterocycles. The van der Waals surface area contributed by atoms with E-state index in [9.17, 15) is 18.0 Å². The highest BCUT2D eigenvalue weighted by atomic mass is 32.2. The van der Waals surface area contributed by atoms with E-state index >= 15 is 0 Å². The van der Waals surface area contributed by atoms with Crippen LogP contribution in [0.5, 0.6) is 11.5 Å². The highest BCUT2D eigenvalue weighted by Gasteiger charge is 2.34. The van der Waals surface area contributed by atoms with Crippen LogP contribution in [0.15, 0.2) is 83.8 Å². The third-order valence-corrected chi connectivity index (χ3v) is 8.88. The first-order valence-electron chi connectivity index (χ1n) is 14.0. The maximum atomic E-state index is 13.3. The second-order valence-corrected chi connectivity index (χ2v) is 12.0. The monoisotopic (exact) mass is 577 g/mol. The summed E-state index contributed by atoms with van der Waals surface area (Å²) < 4.78 is 40.0. The standard InChI is InChI=1S/C31H35N3O6S/c35-30(22-39-25-15-17-26(18-16-25)41(37,38)33-24-11-5-2-6-12-24)34-21-29(40-28-14-8-7-13-27(28)34)31(36)32-20-19-23-9-3-1-4-10-23/h1,3-4,7-10,13-18,24,29,33H,2,5-6,11-12,19-22H2,(H,32,36).